The zero-order valence-electron chi connectivity index (χ0n) is 22.2. The van der Waals surface area contributed by atoms with E-state index >= 15 is 0 Å². The summed E-state index contributed by atoms with van der Waals surface area (Å²) in [6.45, 7) is 6.82. The van der Waals surface area contributed by atoms with Crippen molar-refractivity contribution in [2.75, 3.05) is 50.7 Å². The number of hydrogen-bond acceptors (Lipinski definition) is 5. The highest BCUT2D eigenvalue weighted by molar-refractivity contribution is 7.92. The van der Waals surface area contributed by atoms with Gasteiger partial charge in [-0.1, -0.05) is 66.2 Å². The van der Waals surface area contributed by atoms with Crippen molar-refractivity contribution in [3.63, 3.8) is 0 Å². The summed E-state index contributed by atoms with van der Waals surface area (Å²) in [4.78, 5) is 17.6. The van der Waals surface area contributed by atoms with Crippen molar-refractivity contribution in [2.45, 2.75) is 18.7 Å². The fourth-order valence-corrected chi connectivity index (χ4v) is 5.85. The van der Waals surface area contributed by atoms with Crippen molar-refractivity contribution < 1.29 is 17.9 Å². The maximum Gasteiger partial charge on any atom is 0.264 e. The average molecular weight is 534 g/mol. The molecule has 0 aliphatic carbocycles. The third-order valence-corrected chi connectivity index (χ3v) is 8.46. The fraction of sp³-hybridized carbons (Fsp3) is 0.300. The summed E-state index contributed by atoms with van der Waals surface area (Å²) < 4.78 is 34.3. The van der Waals surface area contributed by atoms with Crippen molar-refractivity contribution in [3.05, 3.63) is 95.6 Å². The quantitative estimate of drug-likeness (QED) is 0.409. The Bertz CT molecular complexity index is 1360. The number of carbonyl (C=O) groups excluding carboxylic acids is 1. The van der Waals surface area contributed by atoms with Gasteiger partial charge in [0.25, 0.3) is 10.0 Å². The maximum absolute atomic E-state index is 13.8. The van der Waals surface area contributed by atoms with Crippen LogP contribution in [0.15, 0.2) is 83.8 Å². The molecule has 38 heavy (non-hydrogen) atoms. The topological polar surface area (TPSA) is 70.2 Å². The predicted molar refractivity (Wildman–Crippen MR) is 152 cm³/mol. The molecule has 7 nitrogen and oxygen atoms in total. The number of aryl methyl sites for hydroxylation is 2. The Balaban J connectivity index is 1.49. The van der Waals surface area contributed by atoms with Crippen LogP contribution in [0.5, 0.6) is 5.75 Å². The van der Waals surface area contributed by atoms with Crippen LogP contribution in [0.3, 0.4) is 0 Å². The summed E-state index contributed by atoms with van der Waals surface area (Å²) in [5.74, 6) is 0.165. The molecule has 0 aromatic heterocycles. The second-order valence-corrected chi connectivity index (χ2v) is 11.4. The van der Waals surface area contributed by atoms with Gasteiger partial charge in [-0.25, -0.2) is 8.42 Å². The van der Waals surface area contributed by atoms with Gasteiger partial charge in [0.05, 0.1) is 17.7 Å². The molecule has 0 saturated carbocycles. The summed E-state index contributed by atoms with van der Waals surface area (Å²) >= 11 is 0. The van der Waals surface area contributed by atoms with E-state index in [1.807, 2.05) is 38.1 Å². The highest BCUT2D eigenvalue weighted by atomic mass is 32.2. The summed E-state index contributed by atoms with van der Waals surface area (Å²) in [7, 11) is -2.52. The predicted octanol–water partition coefficient (Wildman–Crippen LogP) is 4.36. The van der Waals surface area contributed by atoms with Crippen molar-refractivity contribution in [1.29, 1.82) is 0 Å². The number of anilines is 1. The van der Waals surface area contributed by atoms with E-state index in [9.17, 15) is 13.2 Å². The van der Waals surface area contributed by atoms with Crippen LogP contribution in [-0.2, 0) is 14.8 Å². The number of benzene rings is 3. The monoisotopic (exact) mass is 533 g/mol. The minimum atomic E-state index is -4.02. The number of amides is 1. The van der Waals surface area contributed by atoms with E-state index in [1.165, 1.54) is 11.4 Å². The van der Waals surface area contributed by atoms with Gasteiger partial charge in [-0.2, -0.15) is 0 Å². The molecule has 1 aliphatic heterocycles. The Morgan fingerprint density at radius 1 is 0.921 bits per heavy atom. The Kier molecular flexibility index (Phi) is 8.86. The molecule has 8 heteroatoms. The van der Waals surface area contributed by atoms with Gasteiger partial charge in [-0.3, -0.25) is 14.0 Å². The lowest BCUT2D eigenvalue weighted by Gasteiger charge is -2.35. The van der Waals surface area contributed by atoms with Gasteiger partial charge >= 0.3 is 0 Å². The number of hydrogen-bond donors (Lipinski definition) is 0. The first-order chi connectivity index (χ1) is 18.3. The zero-order valence-corrected chi connectivity index (χ0v) is 23.0. The van der Waals surface area contributed by atoms with E-state index in [4.69, 9.17) is 4.74 Å². The van der Waals surface area contributed by atoms with Gasteiger partial charge in [0.1, 0.15) is 12.3 Å². The molecule has 0 N–H and O–H groups in total. The fourth-order valence-electron chi connectivity index (χ4n) is 4.44. The standard InChI is InChI=1S/C30H35N3O4S/c1-24-11-14-27(15-12-24)38(35,36)33(28-22-25(2)13-16-29(28)37-3)23-30(34)32-20-18-31(19-21-32)17-7-10-26-8-5-4-6-9-26/h4-16,22H,17-21,23H2,1-3H3/b10-7+. The van der Waals surface area contributed by atoms with Crippen LogP contribution in [0.1, 0.15) is 16.7 Å². The van der Waals surface area contributed by atoms with Crippen LogP contribution in [0.4, 0.5) is 5.69 Å². The Labute approximate surface area is 226 Å². The van der Waals surface area contributed by atoms with E-state index in [-0.39, 0.29) is 17.3 Å². The number of sulfonamides is 1. The number of methoxy groups -OCH3 is 1. The first-order valence-corrected chi connectivity index (χ1v) is 14.2. The Morgan fingerprint density at radius 2 is 1.58 bits per heavy atom. The van der Waals surface area contributed by atoms with E-state index in [0.29, 0.717) is 24.5 Å². The van der Waals surface area contributed by atoms with Gasteiger partial charge in [0, 0.05) is 32.7 Å². The molecule has 1 fully saturated rings. The van der Waals surface area contributed by atoms with Gasteiger partial charge < -0.3 is 9.64 Å². The number of piperazine rings is 1. The average Bonchev–Trinajstić information content (AvgIpc) is 2.92. The summed E-state index contributed by atoms with van der Waals surface area (Å²) in [6, 6.07) is 22.1. The molecule has 1 heterocycles. The molecule has 200 valence electrons. The number of ether oxygens (including phenoxy) is 1. The van der Waals surface area contributed by atoms with E-state index in [0.717, 1.165) is 36.3 Å². The van der Waals surface area contributed by atoms with Gasteiger partial charge in [-0.15, -0.1) is 0 Å². The SMILES string of the molecule is COc1ccc(C)cc1N(CC(=O)N1CCN(C/C=C/c2ccccc2)CC1)S(=O)(=O)c1ccc(C)cc1. The van der Waals surface area contributed by atoms with Crippen molar-refractivity contribution >= 4 is 27.7 Å². The van der Waals surface area contributed by atoms with Crippen LogP contribution in [0, 0.1) is 13.8 Å². The number of carbonyl (C=O) groups is 1. The molecular weight excluding hydrogens is 498 g/mol. The first-order valence-electron chi connectivity index (χ1n) is 12.7. The molecule has 0 spiro atoms. The van der Waals surface area contributed by atoms with E-state index in [1.54, 1.807) is 41.3 Å². The molecule has 1 amide bonds. The molecule has 0 unspecified atom stereocenters. The maximum atomic E-state index is 13.8. The molecule has 0 radical (unpaired) electrons. The van der Waals surface area contributed by atoms with Crippen LogP contribution < -0.4 is 9.04 Å². The Hall–Kier alpha value is -3.62. The lowest BCUT2D eigenvalue weighted by Crippen LogP contribution is -2.51. The van der Waals surface area contributed by atoms with Gasteiger partial charge in [0.15, 0.2) is 0 Å². The molecule has 3 aromatic rings. The van der Waals surface area contributed by atoms with Crippen molar-refractivity contribution in [2.24, 2.45) is 0 Å². The smallest absolute Gasteiger partial charge is 0.264 e. The van der Waals surface area contributed by atoms with E-state index in [2.05, 4.69) is 29.2 Å². The lowest BCUT2D eigenvalue weighted by atomic mass is 10.2. The molecule has 0 atom stereocenters. The van der Waals surface area contributed by atoms with E-state index < -0.39 is 10.0 Å². The third kappa shape index (κ3) is 6.62. The minimum absolute atomic E-state index is 0.134. The highest BCUT2D eigenvalue weighted by Crippen LogP contribution is 2.33. The largest absolute Gasteiger partial charge is 0.495 e. The third-order valence-electron chi connectivity index (χ3n) is 6.69. The van der Waals surface area contributed by atoms with Crippen LogP contribution in [0.25, 0.3) is 6.08 Å². The molecule has 3 aromatic carbocycles. The zero-order chi connectivity index (χ0) is 27.1. The minimum Gasteiger partial charge on any atom is -0.495 e. The summed E-state index contributed by atoms with van der Waals surface area (Å²) in [5, 5.41) is 0. The van der Waals surface area contributed by atoms with Crippen molar-refractivity contribution in [3.8, 4) is 5.75 Å². The van der Waals surface area contributed by atoms with Crippen LogP contribution in [-0.4, -0.2) is 70.5 Å². The normalized spacial score (nSPS) is 14.6. The van der Waals surface area contributed by atoms with Crippen LogP contribution >= 0.6 is 0 Å². The lowest BCUT2D eigenvalue weighted by molar-refractivity contribution is -0.131. The summed E-state index contributed by atoms with van der Waals surface area (Å²) in [5.41, 5.74) is 3.33. The molecule has 1 aliphatic rings. The van der Waals surface area contributed by atoms with Crippen LogP contribution in [0.2, 0.25) is 0 Å². The number of rotatable bonds is 9. The summed E-state index contributed by atoms with van der Waals surface area (Å²) in [6.07, 6.45) is 4.23. The van der Waals surface area contributed by atoms with Gasteiger partial charge in [0.2, 0.25) is 5.91 Å². The molecule has 4 rings (SSSR count). The highest BCUT2D eigenvalue weighted by Gasteiger charge is 2.32. The number of nitrogens with zero attached hydrogens (tertiary/aromatic N) is 3. The molecule has 0 bridgehead atoms. The first kappa shape index (κ1) is 27.4. The van der Waals surface area contributed by atoms with Crippen molar-refractivity contribution in [1.82, 2.24) is 9.80 Å². The van der Waals surface area contributed by atoms with Gasteiger partial charge in [-0.05, 0) is 49.2 Å². The molecule has 1 saturated heterocycles. The second-order valence-electron chi connectivity index (χ2n) is 9.49. The second kappa shape index (κ2) is 12.3. The molecular formula is C30H35N3O4S. The Morgan fingerprint density at radius 3 is 2.24 bits per heavy atom.